The molecule has 2 aromatic carbocycles. The predicted octanol–water partition coefficient (Wildman–Crippen LogP) is 2.61. The zero-order valence-corrected chi connectivity index (χ0v) is 31.2. The van der Waals surface area contributed by atoms with Gasteiger partial charge in [-0.1, -0.05) is 88.4 Å². The predicted molar refractivity (Wildman–Crippen MR) is 192 cm³/mol. The molecule has 2 aromatic rings. The minimum absolute atomic E-state index is 0.0753. The summed E-state index contributed by atoms with van der Waals surface area (Å²) >= 11 is 0. The van der Waals surface area contributed by atoms with E-state index in [1.54, 1.807) is 20.8 Å². The molecule has 4 amide bonds. The second-order valence-electron chi connectivity index (χ2n) is 14.0. The van der Waals surface area contributed by atoms with E-state index in [2.05, 4.69) is 21.7 Å². The first kappa shape index (κ1) is 42.6. The number of benzene rings is 2. The molecule has 15 nitrogen and oxygen atoms in total. The van der Waals surface area contributed by atoms with E-state index in [1.807, 2.05) is 88.4 Å². The highest BCUT2D eigenvalue weighted by Crippen LogP contribution is 2.09. The average molecular weight is 713 g/mol. The number of carbonyl (C=O) groups is 5. The molecule has 0 aliphatic carbocycles. The number of hydrogen-bond acceptors (Lipinski definition) is 11. The fraction of sp³-hybridized carbons (Fsp3) is 0.528. The van der Waals surface area contributed by atoms with Crippen molar-refractivity contribution >= 4 is 29.8 Å². The van der Waals surface area contributed by atoms with Crippen LogP contribution < -0.4 is 21.7 Å². The van der Waals surface area contributed by atoms with Crippen LogP contribution in [0.5, 0.6) is 0 Å². The van der Waals surface area contributed by atoms with Crippen molar-refractivity contribution in [3.63, 3.8) is 0 Å². The molecule has 0 aromatic heterocycles. The molecule has 0 aliphatic rings. The molecule has 0 saturated carbocycles. The Bertz CT molecular complexity index is 1390. The first-order valence-electron chi connectivity index (χ1n) is 17.0. The molecule has 4 N–H and O–H groups in total. The van der Waals surface area contributed by atoms with E-state index < -0.39 is 35.4 Å². The van der Waals surface area contributed by atoms with Gasteiger partial charge in [-0.15, -0.1) is 0 Å². The van der Waals surface area contributed by atoms with Gasteiger partial charge in [0.05, 0.1) is 26.7 Å². The van der Waals surface area contributed by atoms with Gasteiger partial charge in [0.1, 0.15) is 12.1 Å². The third kappa shape index (κ3) is 19.4. The van der Waals surface area contributed by atoms with Crippen LogP contribution in [0.2, 0.25) is 0 Å². The lowest BCUT2D eigenvalue weighted by molar-refractivity contribution is -0.144. The van der Waals surface area contributed by atoms with Crippen LogP contribution in [0.1, 0.15) is 59.6 Å². The highest BCUT2D eigenvalue weighted by molar-refractivity contribution is 5.82. The van der Waals surface area contributed by atoms with Gasteiger partial charge in [0.15, 0.2) is 0 Å². The van der Waals surface area contributed by atoms with Gasteiger partial charge in [-0.2, -0.15) is 0 Å². The first-order valence-corrected chi connectivity index (χ1v) is 17.0. The monoisotopic (exact) mass is 712 g/mol. The maximum Gasteiger partial charge on any atom is 0.422 e. The molecule has 2 rings (SSSR count). The summed E-state index contributed by atoms with van der Waals surface area (Å²) in [5.74, 6) is -1.66. The maximum atomic E-state index is 13.5. The van der Waals surface area contributed by atoms with Crippen LogP contribution in [-0.4, -0.2) is 102 Å². The molecular weight excluding hydrogens is 656 g/mol. The fourth-order valence-corrected chi connectivity index (χ4v) is 4.86. The van der Waals surface area contributed by atoms with E-state index in [0.717, 1.165) is 11.1 Å². The fourth-order valence-electron chi connectivity index (χ4n) is 4.86. The van der Waals surface area contributed by atoms with Gasteiger partial charge >= 0.3 is 12.1 Å². The van der Waals surface area contributed by atoms with E-state index in [4.69, 9.17) is 9.47 Å². The highest BCUT2D eigenvalue weighted by Gasteiger charge is 2.24. The van der Waals surface area contributed by atoms with Crippen molar-refractivity contribution in [1.29, 1.82) is 0 Å². The largest absolute Gasteiger partial charge is 0.468 e. The normalized spacial score (nSPS) is 11.6. The van der Waals surface area contributed by atoms with Gasteiger partial charge in [-0.3, -0.25) is 40.9 Å². The van der Waals surface area contributed by atoms with Gasteiger partial charge in [0.2, 0.25) is 17.7 Å². The van der Waals surface area contributed by atoms with Crippen LogP contribution in [0.25, 0.3) is 0 Å². The Hall–Kier alpha value is -4.57. The Morgan fingerprint density at radius 3 is 1.35 bits per heavy atom. The number of ether oxygens (including phenoxy) is 2. The first-order chi connectivity index (χ1) is 24.0. The Kier molecular flexibility index (Phi) is 18.0. The maximum absolute atomic E-state index is 13.5. The third-order valence-corrected chi connectivity index (χ3v) is 6.65. The lowest BCUT2D eigenvalue weighted by Crippen LogP contribution is -2.56. The van der Waals surface area contributed by atoms with Crippen LogP contribution in [0, 0.1) is 11.8 Å². The number of esters is 1. The van der Waals surface area contributed by atoms with Crippen molar-refractivity contribution in [2.75, 3.05) is 46.4 Å². The Morgan fingerprint density at radius 1 is 0.588 bits per heavy atom. The molecule has 0 saturated heterocycles. The summed E-state index contributed by atoms with van der Waals surface area (Å²) in [6, 6.07) is 18.7. The van der Waals surface area contributed by atoms with E-state index in [1.165, 1.54) is 27.1 Å². The minimum atomic E-state index is -0.738. The van der Waals surface area contributed by atoms with Crippen molar-refractivity contribution in [2.24, 2.45) is 11.8 Å². The van der Waals surface area contributed by atoms with Crippen molar-refractivity contribution in [3.05, 3.63) is 71.8 Å². The van der Waals surface area contributed by atoms with E-state index in [0.29, 0.717) is 13.1 Å². The topological polar surface area (TPSA) is 165 Å². The zero-order valence-electron chi connectivity index (χ0n) is 31.2. The van der Waals surface area contributed by atoms with E-state index >= 15 is 0 Å². The standard InChI is InChI=1S/C36H56N8O7/c1-27(2)19-41(37-33(47)25-44(22-30-17-13-10-14-18-30)40-35(49)51-36(5,6)7)23-31(45)39-43(21-29-15-11-9-12-16-29)24-32(46)38-42(20-28(3)4)26-34(48)50-8/h9-18,27-28H,19-26H2,1-8H3,(H,37,47)(H,38,46)(H,39,45)(H,40,49). The summed E-state index contributed by atoms with van der Waals surface area (Å²) in [6.45, 7) is 13.4. The van der Waals surface area contributed by atoms with Crippen molar-refractivity contribution < 1.29 is 33.4 Å². The molecule has 0 fully saturated rings. The van der Waals surface area contributed by atoms with Crippen LogP contribution in [0.4, 0.5) is 4.79 Å². The SMILES string of the molecule is COC(=O)CN(CC(C)C)NC(=O)CN(Cc1ccccc1)NC(=O)CN(CC(C)C)NC(=O)CN(Cc1ccccc1)NC(=O)OC(C)(C)C. The molecule has 0 spiro atoms. The van der Waals surface area contributed by atoms with Crippen LogP contribution in [0.3, 0.4) is 0 Å². The quantitative estimate of drug-likeness (QED) is 0.118. The third-order valence-electron chi connectivity index (χ3n) is 6.65. The van der Waals surface area contributed by atoms with Gasteiger partial charge in [0.25, 0.3) is 0 Å². The van der Waals surface area contributed by atoms with Gasteiger partial charge in [-0.05, 0) is 43.7 Å². The van der Waals surface area contributed by atoms with Gasteiger partial charge < -0.3 is 9.47 Å². The minimum Gasteiger partial charge on any atom is -0.468 e. The number of nitrogens with one attached hydrogen (secondary N) is 4. The highest BCUT2D eigenvalue weighted by atomic mass is 16.6. The second kappa shape index (κ2) is 21.6. The van der Waals surface area contributed by atoms with Crippen molar-refractivity contribution in [3.8, 4) is 0 Å². The number of amides is 4. The average Bonchev–Trinajstić information content (AvgIpc) is 3.00. The van der Waals surface area contributed by atoms with Crippen molar-refractivity contribution in [2.45, 2.75) is 67.2 Å². The number of hydrazine groups is 4. The number of hydrogen-bond donors (Lipinski definition) is 4. The molecule has 0 heterocycles. The molecule has 0 radical (unpaired) electrons. The summed E-state index contributed by atoms with van der Waals surface area (Å²) in [5.41, 5.74) is 12.0. The number of methoxy groups -OCH3 is 1. The van der Waals surface area contributed by atoms with Crippen LogP contribution in [0.15, 0.2) is 60.7 Å². The molecule has 0 aliphatic heterocycles. The number of nitrogens with zero attached hydrogens (tertiary/aromatic N) is 4. The Labute approximate surface area is 301 Å². The number of carbonyl (C=O) groups excluding carboxylic acids is 5. The van der Waals surface area contributed by atoms with Gasteiger partial charge in [-0.25, -0.2) is 24.8 Å². The summed E-state index contributed by atoms with van der Waals surface area (Å²) < 4.78 is 10.2. The Morgan fingerprint density at radius 2 is 0.961 bits per heavy atom. The molecule has 282 valence electrons. The summed E-state index contributed by atoms with van der Waals surface area (Å²) in [7, 11) is 1.28. The van der Waals surface area contributed by atoms with Crippen LogP contribution >= 0.6 is 0 Å². The summed E-state index contributed by atoms with van der Waals surface area (Å²) in [5, 5.41) is 5.90. The van der Waals surface area contributed by atoms with E-state index in [9.17, 15) is 24.0 Å². The van der Waals surface area contributed by atoms with E-state index in [-0.39, 0.29) is 51.1 Å². The second-order valence-corrected chi connectivity index (χ2v) is 14.0. The smallest absolute Gasteiger partial charge is 0.422 e. The lowest BCUT2D eigenvalue weighted by Gasteiger charge is -2.29. The molecule has 0 unspecified atom stereocenters. The summed E-state index contributed by atoms with van der Waals surface area (Å²) in [4.78, 5) is 64.5. The lowest BCUT2D eigenvalue weighted by atomic mass is 10.2. The summed E-state index contributed by atoms with van der Waals surface area (Å²) in [6.07, 6.45) is -0.704. The zero-order chi connectivity index (χ0) is 38.0. The van der Waals surface area contributed by atoms with Gasteiger partial charge in [0, 0.05) is 26.2 Å². The van der Waals surface area contributed by atoms with Crippen molar-refractivity contribution in [1.82, 2.24) is 41.7 Å². The van der Waals surface area contributed by atoms with Crippen LogP contribution in [-0.2, 0) is 41.7 Å². The molecule has 0 atom stereocenters. The Balaban J connectivity index is 2.15. The molecule has 15 heteroatoms. The number of rotatable bonds is 20. The molecule has 0 bridgehead atoms. The molecular formula is C36H56N8O7. The molecule has 51 heavy (non-hydrogen) atoms.